The first-order valence-electron chi connectivity index (χ1n) is 6.13. The molecule has 0 aliphatic carbocycles. The molecule has 0 bridgehead atoms. The molecule has 1 aliphatic rings. The Morgan fingerprint density at radius 1 is 1.53 bits per heavy atom. The van der Waals surface area contributed by atoms with Crippen LogP contribution in [0.2, 0.25) is 0 Å². The van der Waals surface area contributed by atoms with Crippen LogP contribution >= 0.6 is 0 Å². The van der Waals surface area contributed by atoms with E-state index in [0.717, 1.165) is 18.4 Å². The Bertz CT molecular complexity index is 545. The molecule has 1 saturated heterocycles. The summed E-state index contributed by atoms with van der Waals surface area (Å²) >= 11 is 0. The van der Waals surface area contributed by atoms with Crippen LogP contribution in [0.1, 0.15) is 18.5 Å². The lowest BCUT2D eigenvalue weighted by atomic mass is 10.2. The second-order valence-corrected chi connectivity index (χ2v) is 6.51. The van der Waals surface area contributed by atoms with Crippen molar-refractivity contribution in [1.29, 1.82) is 0 Å². The number of carbonyl (C=O) groups is 1. The van der Waals surface area contributed by atoms with Crippen molar-refractivity contribution in [3.8, 4) is 0 Å². The Kier molecular flexibility index (Phi) is 4.16. The van der Waals surface area contributed by atoms with Crippen LogP contribution in [0.15, 0.2) is 24.4 Å². The van der Waals surface area contributed by atoms with E-state index < -0.39 is 16.1 Å². The first kappa shape index (κ1) is 14.0. The number of nitrogens with zero attached hydrogens (tertiary/aromatic N) is 2. The predicted molar refractivity (Wildman–Crippen MR) is 70.7 cm³/mol. The van der Waals surface area contributed by atoms with E-state index in [2.05, 4.69) is 10.3 Å². The molecule has 0 saturated carbocycles. The Balaban J connectivity index is 1.96. The van der Waals surface area contributed by atoms with Crippen LogP contribution in [0.4, 0.5) is 0 Å². The number of amides is 1. The topological polar surface area (TPSA) is 79.4 Å². The SMILES string of the molecule is CS(=O)(=O)N1CCC[C@@H]1C(=O)NCc1ccccn1. The van der Waals surface area contributed by atoms with Crippen molar-refractivity contribution in [3.05, 3.63) is 30.1 Å². The Hall–Kier alpha value is -1.47. The summed E-state index contributed by atoms with van der Waals surface area (Å²) in [6.45, 7) is 0.730. The van der Waals surface area contributed by atoms with E-state index in [-0.39, 0.29) is 5.91 Å². The highest BCUT2D eigenvalue weighted by molar-refractivity contribution is 7.88. The molecule has 19 heavy (non-hydrogen) atoms. The Morgan fingerprint density at radius 3 is 2.95 bits per heavy atom. The Labute approximate surface area is 112 Å². The molecular formula is C12H17N3O3S. The van der Waals surface area contributed by atoms with Gasteiger partial charge in [-0.15, -0.1) is 0 Å². The van der Waals surface area contributed by atoms with Gasteiger partial charge in [0.2, 0.25) is 15.9 Å². The van der Waals surface area contributed by atoms with Gasteiger partial charge in [0, 0.05) is 12.7 Å². The van der Waals surface area contributed by atoms with Gasteiger partial charge < -0.3 is 5.32 Å². The lowest BCUT2D eigenvalue weighted by Crippen LogP contribution is -2.45. The quantitative estimate of drug-likeness (QED) is 0.851. The molecule has 0 spiro atoms. The molecule has 1 aromatic rings. The summed E-state index contributed by atoms with van der Waals surface area (Å²) in [7, 11) is -3.32. The van der Waals surface area contributed by atoms with E-state index in [1.165, 1.54) is 4.31 Å². The van der Waals surface area contributed by atoms with Gasteiger partial charge in [-0.05, 0) is 25.0 Å². The molecule has 1 fully saturated rings. The maximum absolute atomic E-state index is 12.0. The molecule has 7 heteroatoms. The number of sulfonamides is 1. The number of hydrogen-bond donors (Lipinski definition) is 1. The van der Waals surface area contributed by atoms with Crippen molar-refractivity contribution < 1.29 is 13.2 Å². The lowest BCUT2D eigenvalue weighted by molar-refractivity contribution is -0.124. The van der Waals surface area contributed by atoms with Gasteiger partial charge in [0.05, 0.1) is 18.5 Å². The summed E-state index contributed by atoms with van der Waals surface area (Å²) in [5.74, 6) is -0.256. The summed E-state index contributed by atoms with van der Waals surface area (Å²) in [6.07, 6.45) is 4.08. The third-order valence-electron chi connectivity index (χ3n) is 3.10. The van der Waals surface area contributed by atoms with Crippen LogP contribution in [0.5, 0.6) is 0 Å². The number of nitrogens with one attached hydrogen (secondary N) is 1. The molecule has 0 aromatic carbocycles. The van der Waals surface area contributed by atoms with Crippen LogP contribution in [0.25, 0.3) is 0 Å². The van der Waals surface area contributed by atoms with E-state index in [0.29, 0.717) is 19.5 Å². The largest absolute Gasteiger partial charge is 0.349 e. The number of aromatic nitrogens is 1. The molecule has 1 atom stereocenters. The fraction of sp³-hybridized carbons (Fsp3) is 0.500. The smallest absolute Gasteiger partial charge is 0.238 e. The van der Waals surface area contributed by atoms with Crippen LogP contribution in [-0.2, 0) is 21.4 Å². The van der Waals surface area contributed by atoms with Gasteiger partial charge in [0.1, 0.15) is 6.04 Å². The van der Waals surface area contributed by atoms with Gasteiger partial charge in [0.15, 0.2) is 0 Å². The first-order valence-corrected chi connectivity index (χ1v) is 7.98. The predicted octanol–water partition coefficient (Wildman–Crippen LogP) is 0.122. The zero-order valence-corrected chi connectivity index (χ0v) is 11.6. The molecule has 2 heterocycles. The van der Waals surface area contributed by atoms with Crippen molar-refractivity contribution in [2.45, 2.75) is 25.4 Å². The zero-order valence-electron chi connectivity index (χ0n) is 10.7. The monoisotopic (exact) mass is 283 g/mol. The minimum Gasteiger partial charge on any atom is -0.349 e. The number of hydrogen-bond acceptors (Lipinski definition) is 4. The van der Waals surface area contributed by atoms with Gasteiger partial charge in [-0.1, -0.05) is 6.07 Å². The standard InChI is InChI=1S/C12H17N3O3S/c1-19(17,18)15-8-4-6-11(15)12(16)14-9-10-5-2-3-7-13-10/h2-3,5,7,11H,4,6,8-9H2,1H3,(H,14,16)/t11-/m1/s1. The van der Waals surface area contributed by atoms with Gasteiger partial charge in [0.25, 0.3) is 0 Å². The third kappa shape index (κ3) is 3.51. The van der Waals surface area contributed by atoms with Crippen LogP contribution < -0.4 is 5.32 Å². The minimum atomic E-state index is -3.32. The normalized spacial score (nSPS) is 20.4. The number of pyridine rings is 1. The summed E-state index contributed by atoms with van der Waals surface area (Å²) < 4.78 is 24.4. The van der Waals surface area contributed by atoms with E-state index in [4.69, 9.17) is 0 Å². The molecule has 1 aromatic heterocycles. The third-order valence-corrected chi connectivity index (χ3v) is 4.39. The van der Waals surface area contributed by atoms with Gasteiger partial charge >= 0.3 is 0 Å². The summed E-state index contributed by atoms with van der Waals surface area (Å²) in [5.41, 5.74) is 0.750. The van der Waals surface area contributed by atoms with E-state index in [9.17, 15) is 13.2 Å². The fourth-order valence-corrected chi connectivity index (χ4v) is 3.32. The zero-order chi connectivity index (χ0) is 13.9. The molecular weight excluding hydrogens is 266 g/mol. The second kappa shape index (κ2) is 5.66. The summed E-state index contributed by atoms with van der Waals surface area (Å²) in [6, 6.07) is 4.86. The average Bonchev–Trinajstić information content (AvgIpc) is 2.86. The van der Waals surface area contributed by atoms with Crippen molar-refractivity contribution in [2.75, 3.05) is 12.8 Å². The van der Waals surface area contributed by atoms with E-state index in [1.54, 1.807) is 12.3 Å². The van der Waals surface area contributed by atoms with Crippen molar-refractivity contribution in [3.63, 3.8) is 0 Å². The highest BCUT2D eigenvalue weighted by Gasteiger charge is 2.36. The maximum Gasteiger partial charge on any atom is 0.238 e. The molecule has 0 unspecified atom stereocenters. The van der Waals surface area contributed by atoms with Gasteiger partial charge in [-0.3, -0.25) is 9.78 Å². The Morgan fingerprint density at radius 2 is 2.32 bits per heavy atom. The molecule has 1 aliphatic heterocycles. The highest BCUT2D eigenvalue weighted by atomic mass is 32.2. The van der Waals surface area contributed by atoms with Crippen molar-refractivity contribution >= 4 is 15.9 Å². The van der Waals surface area contributed by atoms with E-state index >= 15 is 0 Å². The molecule has 2 rings (SSSR count). The fourth-order valence-electron chi connectivity index (χ4n) is 2.20. The van der Waals surface area contributed by atoms with Crippen molar-refractivity contribution in [1.82, 2.24) is 14.6 Å². The molecule has 104 valence electrons. The molecule has 1 N–H and O–H groups in total. The second-order valence-electron chi connectivity index (χ2n) is 4.57. The number of carbonyl (C=O) groups excluding carboxylic acids is 1. The average molecular weight is 283 g/mol. The highest BCUT2D eigenvalue weighted by Crippen LogP contribution is 2.20. The summed E-state index contributed by atoms with van der Waals surface area (Å²) in [4.78, 5) is 16.1. The van der Waals surface area contributed by atoms with Crippen LogP contribution in [0, 0.1) is 0 Å². The van der Waals surface area contributed by atoms with Crippen molar-refractivity contribution in [2.24, 2.45) is 0 Å². The molecule has 1 amide bonds. The summed E-state index contributed by atoms with van der Waals surface area (Å²) in [5, 5.41) is 2.74. The minimum absolute atomic E-state index is 0.256. The maximum atomic E-state index is 12.0. The first-order chi connectivity index (χ1) is 8.98. The van der Waals surface area contributed by atoms with Crippen LogP contribution in [0.3, 0.4) is 0 Å². The number of rotatable bonds is 4. The molecule has 6 nitrogen and oxygen atoms in total. The van der Waals surface area contributed by atoms with Crippen LogP contribution in [-0.4, -0.2) is 42.5 Å². The molecule has 0 radical (unpaired) electrons. The van der Waals surface area contributed by atoms with E-state index in [1.807, 2.05) is 12.1 Å². The lowest BCUT2D eigenvalue weighted by Gasteiger charge is -2.21. The van der Waals surface area contributed by atoms with Gasteiger partial charge in [-0.2, -0.15) is 4.31 Å². The van der Waals surface area contributed by atoms with Gasteiger partial charge in [-0.25, -0.2) is 8.42 Å².